The van der Waals surface area contributed by atoms with Gasteiger partial charge in [-0.05, 0) is 45.3 Å². The van der Waals surface area contributed by atoms with E-state index in [1.807, 2.05) is 0 Å². The van der Waals surface area contributed by atoms with E-state index in [0.717, 1.165) is 45.6 Å². The lowest BCUT2D eigenvalue weighted by Crippen LogP contribution is -2.62. The van der Waals surface area contributed by atoms with Crippen LogP contribution in [0.3, 0.4) is 0 Å². The van der Waals surface area contributed by atoms with E-state index in [0.29, 0.717) is 6.04 Å². The number of carbonyl (C=O) groups is 1. The number of carbonyl (C=O) groups excluding carboxylic acids is 1. The van der Waals surface area contributed by atoms with Crippen LogP contribution in [0.2, 0.25) is 0 Å². The van der Waals surface area contributed by atoms with Crippen molar-refractivity contribution in [1.29, 1.82) is 0 Å². The Bertz CT molecular complexity index is 365. The predicted octanol–water partition coefficient (Wildman–Crippen LogP) is 1.30. The maximum absolute atomic E-state index is 12.9. The molecule has 22 heavy (non-hydrogen) atoms. The molecule has 3 aliphatic heterocycles. The molecule has 3 rings (SSSR count). The van der Waals surface area contributed by atoms with E-state index in [1.54, 1.807) is 7.11 Å². The lowest BCUT2D eigenvalue weighted by molar-refractivity contribution is -0.161. The Labute approximate surface area is 145 Å². The molecule has 7 heteroatoms. The Morgan fingerprint density at radius 2 is 1.86 bits per heavy atom. The number of piperazine rings is 1. The Kier molecular flexibility index (Phi) is 7.89. The van der Waals surface area contributed by atoms with Gasteiger partial charge in [-0.2, -0.15) is 0 Å². The summed E-state index contributed by atoms with van der Waals surface area (Å²) in [5.41, 5.74) is -0.567. The molecular weight excluding hydrogens is 325 g/mol. The van der Waals surface area contributed by atoms with Crippen LogP contribution in [0.15, 0.2) is 0 Å². The van der Waals surface area contributed by atoms with Gasteiger partial charge in [0.2, 0.25) is 0 Å². The van der Waals surface area contributed by atoms with Gasteiger partial charge in [0.15, 0.2) is 0 Å². The van der Waals surface area contributed by atoms with Crippen molar-refractivity contribution in [2.45, 2.75) is 43.7 Å². The molecule has 0 bridgehead atoms. The summed E-state index contributed by atoms with van der Waals surface area (Å²) in [6, 6.07) is 0.581. The number of piperidine rings is 2. The minimum atomic E-state index is -0.567. The van der Waals surface area contributed by atoms with Gasteiger partial charge in [0, 0.05) is 32.8 Å². The van der Waals surface area contributed by atoms with Crippen molar-refractivity contribution in [3.63, 3.8) is 0 Å². The third-order valence-electron chi connectivity index (χ3n) is 5.32. The molecule has 0 aliphatic carbocycles. The maximum atomic E-state index is 12.9. The highest BCUT2D eigenvalue weighted by atomic mass is 35.5. The summed E-state index contributed by atoms with van der Waals surface area (Å²) in [7, 11) is 1.69. The molecule has 5 nitrogen and oxygen atoms in total. The highest BCUT2D eigenvalue weighted by Gasteiger charge is 2.44. The van der Waals surface area contributed by atoms with Gasteiger partial charge >= 0.3 is 0 Å². The quantitative estimate of drug-likeness (QED) is 0.812. The highest BCUT2D eigenvalue weighted by Crippen LogP contribution is 2.28. The average Bonchev–Trinajstić information content (AvgIpc) is 2.54. The van der Waals surface area contributed by atoms with Gasteiger partial charge in [0.25, 0.3) is 5.91 Å². The zero-order valence-corrected chi connectivity index (χ0v) is 15.0. The Hall–Kier alpha value is -0.0700. The lowest BCUT2D eigenvalue weighted by Gasteiger charge is -2.47. The first-order valence-corrected chi connectivity index (χ1v) is 8.04. The zero-order valence-electron chi connectivity index (χ0n) is 13.4. The van der Waals surface area contributed by atoms with Gasteiger partial charge in [-0.1, -0.05) is 6.42 Å². The van der Waals surface area contributed by atoms with Crippen LogP contribution in [0.25, 0.3) is 0 Å². The van der Waals surface area contributed by atoms with Crippen molar-refractivity contribution < 1.29 is 9.53 Å². The monoisotopic (exact) mass is 353 g/mol. The molecule has 3 fully saturated rings. The summed E-state index contributed by atoms with van der Waals surface area (Å²) in [5.74, 6) is 0.228. The van der Waals surface area contributed by atoms with Gasteiger partial charge in [-0.25, -0.2) is 0 Å². The molecule has 1 amide bonds. The molecule has 1 atom stereocenters. The smallest absolute Gasteiger partial charge is 0.255 e. The number of hydrogen-bond donors (Lipinski definition) is 1. The first kappa shape index (κ1) is 20.0. The van der Waals surface area contributed by atoms with Crippen molar-refractivity contribution >= 4 is 30.7 Å². The van der Waals surface area contributed by atoms with E-state index in [-0.39, 0.29) is 30.7 Å². The third kappa shape index (κ3) is 3.88. The maximum Gasteiger partial charge on any atom is 0.255 e. The van der Waals surface area contributed by atoms with Gasteiger partial charge in [0.1, 0.15) is 5.60 Å². The molecular formula is C15H29Cl2N3O2. The van der Waals surface area contributed by atoms with Crippen LogP contribution in [0, 0.1) is 0 Å². The van der Waals surface area contributed by atoms with Crippen molar-refractivity contribution in [3.05, 3.63) is 0 Å². The van der Waals surface area contributed by atoms with E-state index in [1.165, 1.54) is 25.8 Å². The molecule has 1 N–H and O–H groups in total. The second kappa shape index (κ2) is 8.69. The summed E-state index contributed by atoms with van der Waals surface area (Å²) in [4.78, 5) is 17.6. The molecule has 0 aromatic rings. The summed E-state index contributed by atoms with van der Waals surface area (Å²) in [5, 5.41) is 3.32. The minimum Gasteiger partial charge on any atom is -0.368 e. The van der Waals surface area contributed by atoms with Crippen molar-refractivity contribution in [2.75, 3.05) is 46.4 Å². The SMILES string of the molecule is COC1(C(=O)N2CCN3CCCCC3C2)CCNCC1.Cl.Cl. The fourth-order valence-corrected chi connectivity index (χ4v) is 3.96. The molecule has 0 radical (unpaired) electrons. The molecule has 3 saturated heterocycles. The lowest BCUT2D eigenvalue weighted by atomic mass is 9.89. The molecule has 130 valence electrons. The Morgan fingerprint density at radius 3 is 2.55 bits per heavy atom. The summed E-state index contributed by atoms with van der Waals surface area (Å²) < 4.78 is 5.69. The first-order chi connectivity index (χ1) is 9.75. The number of nitrogens with one attached hydrogen (secondary N) is 1. The van der Waals surface area contributed by atoms with E-state index >= 15 is 0 Å². The number of fused-ring (bicyclic) bond motifs is 1. The van der Waals surface area contributed by atoms with Crippen LogP contribution in [-0.2, 0) is 9.53 Å². The molecule has 3 heterocycles. The largest absolute Gasteiger partial charge is 0.368 e. The molecule has 0 saturated carbocycles. The summed E-state index contributed by atoms with van der Waals surface area (Å²) >= 11 is 0. The van der Waals surface area contributed by atoms with Crippen LogP contribution in [0.1, 0.15) is 32.1 Å². The van der Waals surface area contributed by atoms with Crippen LogP contribution in [0.4, 0.5) is 0 Å². The fraction of sp³-hybridized carbons (Fsp3) is 0.933. The average molecular weight is 354 g/mol. The highest BCUT2D eigenvalue weighted by molar-refractivity contribution is 5.86. The summed E-state index contributed by atoms with van der Waals surface area (Å²) in [6.07, 6.45) is 5.46. The van der Waals surface area contributed by atoms with E-state index in [9.17, 15) is 4.79 Å². The number of ether oxygens (including phenoxy) is 1. The number of rotatable bonds is 2. The Balaban J connectivity index is 0.00000121. The third-order valence-corrected chi connectivity index (χ3v) is 5.32. The number of amides is 1. The van der Waals surface area contributed by atoms with Gasteiger partial charge < -0.3 is 15.0 Å². The standard InChI is InChI=1S/C15H27N3O2.2ClH/c1-20-15(5-7-16-8-6-15)14(19)18-11-10-17-9-3-2-4-13(17)12-18;;/h13,16H,2-12H2,1H3;2*1H. The minimum absolute atomic E-state index is 0. The molecule has 0 aromatic heterocycles. The van der Waals surface area contributed by atoms with Crippen molar-refractivity contribution in [3.8, 4) is 0 Å². The molecule has 3 aliphatic rings. The first-order valence-electron chi connectivity index (χ1n) is 8.04. The number of methoxy groups -OCH3 is 1. The van der Waals surface area contributed by atoms with Crippen LogP contribution >= 0.6 is 24.8 Å². The van der Waals surface area contributed by atoms with E-state index < -0.39 is 5.60 Å². The fourth-order valence-electron chi connectivity index (χ4n) is 3.96. The number of nitrogens with zero attached hydrogens (tertiary/aromatic N) is 2. The summed E-state index contributed by atoms with van der Waals surface area (Å²) in [6.45, 7) is 5.78. The van der Waals surface area contributed by atoms with Gasteiger partial charge in [0.05, 0.1) is 0 Å². The molecule has 1 unspecified atom stereocenters. The molecule has 0 spiro atoms. The van der Waals surface area contributed by atoms with E-state index in [2.05, 4.69) is 15.1 Å². The van der Waals surface area contributed by atoms with Gasteiger partial charge in [-0.3, -0.25) is 9.69 Å². The van der Waals surface area contributed by atoms with Crippen molar-refractivity contribution in [1.82, 2.24) is 15.1 Å². The molecule has 0 aromatic carbocycles. The topological polar surface area (TPSA) is 44.8 Å². The van der Waals surface area contributed by atoms with Gasteiger partial charge in [-0.15, -0.1) is 24.8 Å². The second-order valence-corrected chi connectivity index (χ2v) is 6.39. The number of hydrogen-bond acceptors (Lipinski definition) is 4. The van der Waals surface area contributed by atoms with E-state index in [4.69, 9.17) is 4.74 Å². The van der Waals surface area contributed by atoms with Crippen LogP contribution in [0.5, 0.6) is 0 Å². The zero-order chi connectivity index (χ0) is 14.0. The Morgan fingerprint density at radius 1 is 1.14 bits per heavy atom. The normalized spacial score (nSPS) is 28.0. The predicted molar refractivity (Wildman–Crippen MR) is 92.1 cm³/mol. The number of halogens is 2. The van der Waals surface area contributed by atoms with Crippen LogP contribution < -0.4 is 5.32 Å². The second-order valence-electron chi connectivity index (χ2n) is 6.39. The van der Waals surface area contributed by atoms with Crippen molar-refractivity contribution in [2.24, 2.45) is 0 Å². The van der Waals surface area contributed by atoms with Crippen LogP contribution in [-0.4, -0.2) is 73.7 Å².